The minimum atomic E-state index is 0.265. The molecule has 1 aromatic carbocycles. The number of rotatable bonds is 7. The smallest absolute Gasteiger partial charge is 0.124 e. The molecule has 1 aromatic heterocycles. The lowest BCUT2D eigenvalue weighted by molar-refractivity contribution is 0.0679. The Morgan fingerprint density at radius 1 is 1.28 bits per heavy atom. The summed E-state index contributed by atoms with van der Waals surface area (Å²) in [6.07, 6.45) is 4.37. The maximum absolute atomic E-state index is 5.81. The third kappa shape index (κ3) is 4.32. The Bertz CT molecular complexity index is 664. The molecule has 0 spiro atoms. The van der Waals surface area contributed by atoms with E-state index < -0.39 is 0 Å². The molecule has 2 aromatic rings. The number of anilines is 1. The van der Waals surface area contributed by atoms with Crippen molar-refractivity contribution in [1.82, 2.24) is 15.1 Å². The van der Waals surface area contributed by atoms with Gasteiger partial charge in [0.1, 0.15) is 18.2 Å². The molecular weight excluding hydrogens is 316 g/mol. The fourth-order valence-corrected chi connectivity index (χ4v) is 3.41. The van der Waals surface area contributed by atoms with E-state index in [2.05, 4.69) is 27.9 Å². The van der Waals surface area contributed by atoms with Crippen LogP contribution in [0.1, 0.15) is 18.4 Å². The zero-order valence-electron chi connectivity index (χ0n) is 14.5. The topological polar surface area (TPSA) is 60.3 Å². The van der Waals surface area contributed by atoms with E-state index in [1.165, 1.54) is 5.56 Å². The van der Waals surface area contributed by atoms with E-state index in [0.29, 0.717) is 12.5 Å². The van der Waals surface area contributed by atoms with Crippen LogP contribution in [-0.4, -0.2) is 42.2 Å². The molecular formula is C19H26N4O2. The zero-order chi connectivity index (χ0) is 16.9. The van der Waals surface area contributed by atoms with Crippen molar-refractivity contribution in [2.75, 3.05) is 31.6 Å². The van der Waals surface area contributed by atoms with Gasteiger partial charge in [0.25, 0.3) is 0 Å². The van der Waals surface area contributed by atoms with Crippen LogP contribution in [0.25, 0.3) is 0 Å². The minimum absolute atomic E-state index is 0.265. The maximum Gasteiger partial charge on any atom is 0.124 e. The van der Waals surface area contributed by atoms with E-state index in [4.69, 9.17) is 9.47 Å². The van der Waals surface area contributed by atoms with E-state index in [1.54, 1.807) is 0 Å². The fourth-order valence-electron chi connectivity index (χ4n) is 3.41. The highest BCUT2D eigenvalue weighted by Crippen LogP contribution is 2.17. The molecule has 0 bridgehead atoms. The molecule has 1 saturated heterocycles. The van der Waals surface area contributed by atoms with Crippen molar-refractivity contribution >= 4 is 5.82 Å². The molecule has 6 nitrogen and oxygen atoms in total. The summed E-state index contributed by atoms with van der Waals surface area (Å²) in [5.74, 6) is 2.60. The van der Waals surface area contributed by atoms with Gasteiger partial charge in [-0.2, -0.15) is 5.10 Å². The molecule has 134 valence electrons. The molecule has 2 atom stereocenters. The standard InChI is InChI=1S/C19H26N4O2/c1-2-18(24-9-1)14-25-17-5-3-15(4-6-17)10-20-11-16-12-21-19-7-8-22-23(19)13-16/h3-8,16,18,20-21H,1-2,9-14H2/t16-,18-/m1/s1. The SMILES string of the molecule is c1cc2n(n1)C[C@H](CNCc1ccc(OC[C@H]3CCCO3)cc1)CN2. The molecule has 2 N–H and O–H groups in total. The van der Waals surface area contributed by atoms with Crippen LogP contribution in [0.15, 0.2) is 36.5 Å². The number of fused-ring (bicyclic) bond motifs is 1. The number of nitrogens with zero attached hydrogens (tertiary/aromatic N) is 2. The van der Waals surface area contributed by atoms with E-state index >= 15 is 0 Å². The zero-order valence-corrected chi connectivity index (χ0v) is 14.5. The van der Waals surface area contributed by atoms with Crippen molar-refractivity contribution in [3.8, 4) is 5.75 Å². The van der Waals surface area contributed by atoms with Crippen LogP contribution in [0, 0.1) is 5.92 Å². The van der Waals surface area contributed by atoms with Gasteiger partial charge in [-0.3, -0.25) is 0 Å². The summed E-state index contributed by atoms with van der Waals surface area (Å²) in [6, 6.07) is 10.4. The van der Waals surface area contributed by atoms with Gasteiger partial charge in [0, 0.05) is 44.8 Å². The van der Waals surface area contributed by atoms with Crippen molar-refractivity contribution in [2.24, 2.45) is 5.92 Å². The van der Waals surface area contributed by atoms with Gasteiger partial charge in [0.15, 0.2) is 0 Å². The number of hydrogen-bond donors (Lipinski definition) is 2. The van der Waals surface area contributed by atoms with Crippen molar-refractivity contribution < 1.29 is 9.47 Å². The van der Waals surface area contributed by atoms with Crippen LogP contribution < -0.4 is 15.4 Å². The molecule has 0 aliphatic carbocycles. The molecule has 2 aliphatic rings. The highest BCUT2D eigenvalue weighted by Gasteiger charge is 2.18. The second kappa shape index (κ2) is 7.89. The van der Waals surface area contributed by atoms with Gasteiger partial charge in [-0.25, -0.2) is 4.68 Å². The molecule has 6 heteroatoms. The predicted octanol–water partition coefficient (Wildman–Crippen LogP) is 2.27. The summed E-state index contributed by atoms with van der Waals surface area (Å²) < 4.78 is 13.4. The summed E-state index contributed by atoms with van der Waals surface area (Å²) in [5, 5.41) is 11.3. The van der Waals surface area contributed by atoms with Gasteiger partial charge < -0.3 is 20.1 Å². The summed E-state index contributed by atoms with van der Waals surface area (Å²) >= 11 is 0. The lowest BCUT2D eigenvalue weighted by Crippen LogP contribution is -2.35. The van der Waals surface area contributed by atoms with E-state index in [0.717, 1.165) is 57.2 Å². The van der Waals surface area contributed by atoms with Crippen LogP contribution in [0.4, 0.5) is 5.82 Å². The van der Waals surface area contributed by atoms with Crippen LogP contribution in [0.2, 0.25) is 0 Å². The Balaban J connectivity index is 1.18. The Labute approximate surface area is 148 Å². The Morgan fingerprint density at radius 2 is 2.20 bits per heavy atom. The van der Waals surface area contributed by atoms with Gasteiger partial charge >= 0.3 is 0 Å². The maximum atomic E-state index is 5.81. The van der Waals surface area contributed by atoms with Crippen LogP contribution in [0.5, 0.6) is 5.75 Å². The van der Waals surface area contributed by atoms with Gasteiger partial charge in [-0.05, 0) is 30.5 Å². The molecule has 0 saturated carbocycles. The molecule has 25 heavy (non-hydrogen) atoms. The molecule has 4 rings (SSSR count). The first-order valence-electron chi connectivity index (χ1n) is 9.16. The van der Waals surface area contributed by atoms with Crippen molar-refractivity contribution in [1.29, 1.82) is 0 Å². The van der Waals surface area contributed by atoms with Crippen LogP contribution >= 0.6 is 0 Å². The lowest BCUT2D eigenvalue weighted by Gasteiger charge is -2.25. The number of ether oxygens (including phenoxy) is 2. The summed E-state index contributed by atoms with van der Waals surface area (Å²) in [4.78, 5) is 0. The average Bonchev–Trinajstić information content (AvgIpc) is 3.32. The number of benzene rings is 1. The van der Waals surface area contributed by atoms with E-state index in [-0.39, 0.29) is 6.10 Å². The van der Waals surface area contributed by atoms with E-state index in [1.807, 2.05) is 29.1 Å². The van der Waals surface area contributed by atoms with Gasteiger partial charge in [-0.1, -0.05) is 12.1 Å². The van der Waals surface area contributed by atoms with Crippen LogP contribution in [0.3, 0.4) is 0 Å². The third-order valence-corrected chi connectivity index (χ3v) is 4.86. The van der Waals surface area contributed by atoms with Gasteiger partial charge in [0.05, 0.1) is 12.3 Å². The number of nitrogens with one attached hydrogen (secondary N) is 2. The first-order chi connectivity index (χ1) is 12.4. The lowest BCUT2D eigenvalue weighted by atomic mass is 10.1. The normalized spacial score (nSPS) is 22.4. The quantitative estimate of drug-likeness (QED) is 0.808. The van der Waals surface area contributed by atoms with Crippen molar-refractivity contribution in [3.05, 3.63) is 42.1 Å². The van der Waals surface area contributed by atoms with Crippen molar-refractivity contribution in [3.63, 3.8) is 0 Å². The molecule has 0 unspecified atom stereocenters. The Hall–Kier alpha value is -2.05. The fraction of sp³-hybridized carbons (Fsp3) is 0.526. The molecule has 0 amide bonds. The van der Waals surface area contributed by atoms with Crippen LogP contribution in [-0.2, 0) is 17.8 Å². The second-order valence-electron chi connectivity index (χ2n) is 6.87. The first kappa shape index (κ1) is 16.4. The number of hydrogen-bond acceptors (Lipinski definition) is 5. The minimum Gasteiger partial charge on any atom is -0.491 e. The van der Waals surface area contributed by atoms with Gasteiger partial charge in [0.2, 0.25) is 0 Å². The van der Waals surface area contributed by atoms with Gasteiger partial charge in [-0.15, -0.1) is 0 Å². The molecule has 2 aliphatic heterocycles. The number of aromatic nitrogens is 2. The summed E-state index contributed by atoms with van der Waals surface area (Å²) in [6.45, 7) is 5.34. The molecule has 1 fully saturated rings. The highest BCUT2D eigenvalue weighted by molar-refractivity contribution is 5.35. The summed E-state index contributed by atoms with van der Waals surface area (Å²) in [7, 11) is 0. The highest BCUT2D eigenvalue weighted by atomic mass is 16.5. The van der Waals surface area contributed by atoms with E-state index in [9.17, 15) is 0 Å². The van der Waals surface area contributed by atoms with Crippen molar-refractivity contribution in [2.45, 2.75) is 32.0 Å². The molecule has 0 radical (unpaired) electrons. The second-order valence-corrected chi connectivity index (χ2v) is 6.87. The molecule has 3 heterocycles. The Kier molecular flexibility index (Phi) is 5.18. The first-order valence-corrected chi connectivity index (χ1v) is 9.16. The summed E-state index contributed by atoms with van der Waals surface area (Å²) in [5.41, 5.74) is 1.27. The predicted molar refractivity (Wildman–Crippen MR) is 96.8 cm³/mol. The average molecular weight is 342 g/mol. The largest absolute Gasteiger partial charge is 0.491 e. The third-order valence-electron chi connectivity index (χ3n) is 4.86. The monoisotopic (exact) mass is 342 g/mol. The Morgan fingerprint density at radius 3 is 3.04 bits per heavy atom.